The molecular formula is C22H30N6O3. The number of aromatic nitrogens is 4. The van der Waals surface area contributed by atoms with Gasteiger partial charge < -0.3 is 15.0 Å². The van der Waals surface area contributed by atoms with Gasteiger partial charge >= 0.3 is 0 Å². The van der Waals surface area contributed by atoms with Gasteiger partial charge in [0.25, 0.3) is 0 Å². The highest BCUT2D eigenvalue weighted by atomic mass is 16.5. The number of aryl methyl sites for hydroxylation is 1. The largest absolute Gasteiger partial charge is 0.491 e. The number of para-hydroxylation sites is 1. The Morgan fingerprint density at radius 2 is 2.03 bits per heavy atom. The van der Waals surface area contributed by atoms with Gasteiger partial charge in [-0.1, -0.05) is 24.6 Å². The number of rotatable bonds is 2. The van der Waals surface area contributed by atoms with Crippen molar-refractivity contribution >= 4 is 11.8 Å². The zero-order valence-electron chi connectivity index (χ0n) is 18.0. The average molecular weight is 427 g/mol. The minimum atomic E-state index is -0.432. The fourth-order valence-electron chi connectivity index (χ4n) is 4.53. The molecule has 9 heteroatoms. The predicted octanol–water partition coefficient (Wildman–Crippen LogP) is 1.59. The Labute approximate surface area is 182 Å². The number of piperidine rings is 1. The van der Waals surface area contributed by atoms with E-state index in [2.05, 4.69) is 26.9 Å². The van der Waals surface area contributed by atoms with Crippen LogP contribution in [0.1, 0.15) is 44.6 Å². The molecule has 9 nitrogen and oxygen atoms in total. The smallest absolute Gasteiger partial charge is 0.244 e. The van der Waals surface area contributed by atoms with E-state index < -0.39 is 5.41 Å². The van der Waals surface area contributed by atoms with E-state index in [-0.39, 0.29) is 24.4 Å². The highest BCUT2D eigenvalue weighted by Gasteiger charge is 2.42. The van der Waals surface area contributed by atoms with Gasteiger partial charge in [-0.05, 0) is 61.1 Å². The van der Waals surface area contributed by atoms with Gasteiger partial charge in [0.05, 0.1) is 11.5 Å². The summed E-state index contributed by atoms with van der Waals surface area (Å²) in [7, 11) is 0. The summed E-state index contributed by atoms with van der Waals surface area (Å²) in [5.41, 5.74) is 0.789. The first-order chi connectivity index (χ1) is 15.1. The monoisotopic (exact) mass is 426 g/mol. The summed E-state index contributed by atoms with van der Waals surface area (Å²) in [4.78, 5) is 27.7. The van der Waals surface area contributed by atoms with E-state index in [1.54, 1.807) is 0 Å². The van der Waals surface area contributed by atoms with E-state index >= 15 is 0 Å². The van der Waals surface area contributed by atoms with E-state index in [1.165, 1.54) is 16.6 Å². The van der Waals surface area contributed by atoms with Crippen molar-refractivity contribution in [3.05, 3.63) is 36.2 Å². The molecule has 2 amide bonds. The molecule has 31 heavy (non-hydrogen) atoms. The molecule has 0 bridgehead atoms. The number of hydrogen-bond donors (Lipinski definition) is 1. The standard InChI is InChI=1S/C22H30N6O3/c1-17-15-31-19-8-3-2-6-18(19)7-4-5-9-22(21(30)24-17)10-12-27(13-11-22)20(29)14-28-16-23-25-26-28/h2-3,6,8,16-17H,4-5,7,9-15H2,1H3,(H,24,30)/t17-/m1/s1. The number of nitrogens with one attached hydrogen (secondary N) is 1. The number of carbonyl (C=O) groups excluding carboxylic acids is 2. The van der Waals surface area contributed by atoms with Crippen LogP contribution in [0, 0.1) is 5.41 Å². The summed E-state index contributed by atoms with van der Waals surface area (Å²) in [6.45, 7) is 3.68. The molecule has 1 fully saturated rings. The molecule has 2 aliphatic heterocycles. The van der Waals surface area contributed by atoms with Crippen molar-refractivity contribution in [2.24, 2.45) is 5.41 Å². The highest BCUT2D eigenvalue weighted by Crippen LogP contribution is 2.38. The van der Waals surface area contributed by atoms with Crippen molar-refractivity contribution in [3.8, 4) is 5.75 Å². The number of carbonyl (C=O) groups is 2. The van der Waals surface area contributed by atoms with Crippen LogP contribution < -0.4 is 10.1 Å². The van der Waals surface area contributed by atoms with Gasteiger partial charge in [0.1, 0.15) is 25.2 Å². The summed E-state index contributed by atoms with van der Waals surface area (Å²) in [5, 5.41) is 14.1. The van der Waals surface area contributed by atoms with Crippen LogP contribution >= 0.6 is 0 Å². The molecule has 1 aromatic heterocycles. The number of fused-ring (bicyclic) bond motifs is 1. The third kappa shape index (κ3) is 5.03. The molecular weight excluding hydrogens is 396 g/mol. The van der Waals surface area contributed by atoms with Gasteiger partial charge in [-0.15, -0.1) is 5.10 Å². The Balaban J connectivity index is 1.41. The quantitative estimate of drug-likeness (QED) is 0.782. The van der Waals surface area contributed by atoms with Gasteiger partial charge in [0.2, 0.25) is 11.8 Å². The lowest BCUT2D eigenvalue weighted by Gasteiger charge is -2.41. The molecule has 1 spiro atoms. The molecule has 4 rings (SSSR count). The third-order valence-corrected chi connectivity index (χ3v) is 6.43. The summed E-state index contributed by atoms with van der Waals surface area (Å²) in [5.74, 6) is 0.979. The average Bonchev–Trinajstić information content (AvgIpc) is 3.28. The number of hydrogen-bond acceptors (Lipinski definition) is 6. The Morgan fingerprint density at radius 3 is 2.81 bits per heavy atom. The van der Waals surface area contributed by atoms with Crippen molar-refractivity contribution in [3.63, 3.8) is 0 Å². The molecule has 0 saturated carbocycles. The van der Waals surface area contributed by atoms with Gasteiger partial charge in [-0.2, -0.15) is 0 Å². The summed E-state index contributed by atoms with van der Waals surface area (Å²) >= 11 is 0. The number of amides is 2. The van der Waals surface area contributed by atoms with Crippen LogP contribution in [0.4, 0.5) is 0 Å². The maximum atomic E-state index is 13.3. The van der Waals surface area contributed by atoms with E-state index in [9.17, 15) is 9.59 Å². The van der Waals surface area contributed by atoms with Crippen LogP contribution in [0.5, 0.6) is 5.75 Å². The number of likely N-dealkylation sites (tertiary alicyclic amines) is 1. The third-order valence-electron chi connectivity index (χ3n) is 6.43. The van der Waals surface area contributed by atoms with Crippen molar-refractivity contribution in [2.75, 3.05) is 19.7 Å². The molecule has 2 aliphatic rings. The first kappa shape index (κ1) is 21.3. The fraction of sp³-hybridized carbons (Fsp3) is 0.591. The second kappa shape index (κ2) is 9.45. The maximum Gasteiger partial charge on any atom is 0.244 e. The van der Waals surface area contributed by atoms with Crippen molar-refractivity contribution in [2.45, 2.75) is 58.0 Å². The second-order valence-electron chi connectivity index (χ2n) is 8.67. The summed E-state index contributed by atoms with van der Waals surface area (Å²) in [6.07, 6.45) is 6.53. The molecule has 1 aromatic carbocycles. The van der Waals surface area contributed by atoms with Gasteiger partial charge in [-0.3, -0.25) is 9.59 Å². The minimum absolute atomic E-state index is 0.0194. The molecule has 2 aromatic rings. The minimum Gasteiger partial charge on any atom is -0.491 e. The Morgan fingerprint density at radius 1 is 1.23 bits per heavy atom. The Bertz CT molecular complexity index is 892. The molecule has 1 atom stereocenters. The first-order valence-electron chi connectivity index (χ1n) is 11.1. The topological polar surface area (TPSA) is 102 Å². The highest BCUT2D eigenvalue weighted by molar-refractivity contribution is 5.83. The SMILES string of the molecule is C[C@@H]1COc2ccccc2CCCCC2(CCN(C(=O)Cn3cnnn3)CC2)C(=O)N1. The molecule has 0 unspecified atom stereocenters. The predicted molar refractivity (Wildman–Crippen MR) is 113 cm³/mol. The molecule has 3 heterocycles. The first-order valence-corrected chi connectivity index (χ1v) is 11.1. The lowest BCUT2D eigenvalue weighted by atomic mass is 9.73. The molecule has 0 aliphatic carbocycles. The lowest BCUT2D eigenvalue weighted by molar-refractivity contribution is -0.142. The van der Waals surface area contributed by atoms with Gasteiger partial charge in [0, 0.05) is 13.1 Å². The Hall–Kier alpha value is -2.97. The molecule has 1 saturated heterocycles. The Kier molecular flexibility index (Phi) is 6.48. The zero-order valence-corrected chi connectivity index (χ0v) is 18.0. The van der Waals surface area contributed by atoms with Crippen LogP contribution in [0.15, 0.2) is 30.6 Å². The zero-order chi connectivity index (χ0) is 21.7. The second-order valence-corrected chi connectivity index (χ2v) is 8.67. The number of ether oxygens (including phenoxy) is 1. The summed E-state index contributed by atoms with van der Waals surface area (Å²) in [6, 6.07) is 8.06. The van der Waals surface area contributed by atoms with Gasteiger partial charge in [-0.25, -0.2) is 4.68 Å². The molecule has 166 valence electrons. The molecule has 1 N–H and O–H groups in total. The normalized spacial score (nSPS) is 21.9. The van der Waals surface area contributed by atoms with Crippen LogP contribution in [0.2, 0.25) is 0 Å². The number of tetrazole rings is 1. The van der Waals surface area contributed by atoms with E-state index in [0.717, 1.165) is 31.4 Å². The van der Waals surface area contributed by atoms with Crippen LogP contribution in [-0.4, -0.2) is 62.7 Å². The van der Waals surface area contributed by atoms with Crippen LogP contribution in [-0.2, 0) is 22.6 Å². The maximum absolute atomic E-state index is 13.3. The van der Waals surface area contributed by atoms with E-state index in [4.69, 9.17) is 4.74 Å². The van der Waals surface area contributed by atoms with E-state index in [1.807, 2.05) is 30.0 Å². The molecule has 0 radical (unpaired) electrons. The van der Waals surface area contributed by atoms with Crippen LogP contribution in [0.25, 0.3) is 0 Å². The van der Waals surface area contributed by atoms with Gasteiger partial charge in [0.15, 0.2) is 0 Å². The van der Waals surface area contributed by atoms with Crippen molar-refractivity contribution in [1.29, 1.82) is 0 Å². The number of benzene rings is 1. The number of nitrogens with zero attached hydrogens (tertiary/aromatic N) is 5. The van der Waals surface area contributed by atoms with Crippen molar-refractivity contribution < 1.29 is 14.3 Å². The van der Waals surface area contributed by atoms with Crippen LogP contribution in [0.3, 0.4) is 0 Å². The van der Waals surface area contributed by atoms with E-state index in [0.29, 0.717) is 32.5 Å². The lowest BCUT2D eigenvalue weighted by Crippen LogP contribution is -2.53. The van der Waals surface area contributed by atoms with Crippen molar-refractivity contribution in [1.82, 2.24) is 30.4 Å². The summed E-state index contributed by atoms with van der Waals surface area (Å²) < 4.78 is 7.43. The fourth-order valence-corrected chi connectivity index (χ4v) is 4.53.